The molecule has 1 aliphatic carbocycles. The molecule has 0 aliphatic heterocycles. The molecule has 6 nitrogen and oxygen atoms in total. The van der Waals surface area contributed by atoms with E-state index < -0.39 is 17.1 Å². The minimum atomic E-state index is -1.27. The van der Waals surface area contributed by atoms with E-state index >= 15 is 0 Å². The molecule has 0 bridgehead atoms. The summed E-state index contributed by atoms with van der Waals surface area (Å²) in [6.07, 6.45) is 3.22. The molecule has 128 valence electrons. The third-order valence-corrected chi connectivity index (χ3v) is 4.61. The number of hydrogen-bond donors (Lipinski definition) is 2. The molecule has 3 aromatic rings. The summed E-state index contributed by atoms with van der Waals surface area (Å²) in [5.41, 5.74) is -1.63. The van der Waals surface area contributed by atoms with Crippen LogP contribution in [0.15, 0.2) is 62.4 Å². The topological polar surface area (TPSA) is 92.7 Å². The van der Waals surface area contributed by atoms with Crippen LogP contribution in [0.5, 0.6) is 0 Å². The van der Waals surface area contributed by atoms with Gasteiger partial charge in [-0.05, 0) is 43.0 Å². The van der Waals surface area contributed by atoms with E-state index in [-0.39, 0.29) is 18.0 Å². The molecule has 0 saturated heterocycles. The van der Waals surface area contributed by atoms with Gasteiger partial charge in [-0.3, -0.25) is 4.79 Å². The number of benzene rings is 1. The molecule has 0 radical (unpaired) electrons. The number of para-hydroxylation sites is 1. The van der Waals surface area contributed by atoms with Crippen LogP contribution in [-0.2, 0) is 5.60 Å². The third-order valence-electron chi connectivity index (χ3n) is 4.61. The van der Waals surface area contributed by atoms with E-state index in [1.54, 1.807) is 36.4 Å². The van der Waals surface area contributed by atoms with Crippen molar-refractivity contribution in [2.24, 2.45) is 5.92 Å². The van der Waals surface area contributed by atoms with Crippen molar-refractivity contribution in [3.05, 3.63) is 70.5 Å². The molecule has 1 unspecified atom stereocenters. The molecular formula is C19H17NO5. The molecule has 2 heterocycles. The van der Waals surface area contributed by atoms with E-state index in [0.717, 1.165) is 12.8 Å². The first-order valence-electron chi connectivity index (χ1n) is 8.15. The number of hydrogen-bond acceptors (Lipinski definition) is 5. The summed E-state index contributed by atoms with van der Waals surface area (Å²) in [6, 6.07) is 11.9. The zero-order chi connectivity index (χ0) is 17.4. The van der Waals surface area contributed by atoms with Crippen molar-refractivity contribution in [3.8, 4) is 0 Å². The van der Waals surface area contributed by atoms with Crippen molar-refractivity contribution in [2.45, 2.75) is 18.4 Å². The molecule has 1 aliphatic rings. The summed E-state index contributed by atoms with van der Waals surface area (Å²) in [7, 11) is 0. The normalized spacial score (nSPS) is 16.5. The fourth-order valence-electron chi connectivity index (χ4n) is 3.05. The zero-order valence-electron chi connectivity index (χ0n) is 13.4. The molecule has 25 heavy (non-hydrogen) atoms. The number of aliphatic hydroxyl groups is 1. The van der Waals surface area contributed by atoms with Crippen LogP contribution in [0.4, 0.5) is 0 Å². The maximum atomic E-state index is 12.5. The van der Waals surface area contributed by atoms with Gasteiger partial charge >= 0.3 is 5.63 Å². The lowest BCUT2D eigenvalue weighted by molar-refractivity contribution is -0.00613. The van der Waals surface area contributed by atoms with E-state index in [9.17, 15) is 14.7 Å². The number of amides is 1. The number of carbonyl (C=O) groups excluding carboxylic acids is 1. The summed E-state index contributed by atoms with van der Waals surface area (Å²) in [6.45, 7) is -0.0315. The summed E-state index contributed by atoms with van der Waals surface area (Å²) >= 11 is 0. The van der Waals surface area contributed by atoms with Gasteiger partial charge in [-0.2, -0.15) is 0 Å². The third kappa shape index (κ3) is 2.85. The second-order valence-corrected chi connectivity index (χ2v) is 6.34. The van der Waals surface area contributed by atoms with Gasteiger partial charge in [-0.15, -0.1) is 0 Å². The van der Waals surface area contributed by atoms with Crippen LogP contribution in [0.2, 0.25) is 0 Å². The minimum absolute atomic E-state index is 0.0315. The number of fused-ring (bicyclic) bond motifs is 1. The highest BCUT2D eigenvalue weighted by Gasteiger charge is 2.47. The molecule has 1 atom stereocenters. The van der Waals surface area contributed by atoms with Gasteiger partial charge < -0.3 is 19.3 Å². The maximum Gasteiger partial charge on any atom is 0.349 e. The predicted molar refractivity (Wildman–Crippen MR) is 90.1 cm³/mol. The zero-order valence-corrected chi connectivity index (χ0v) is 13.4. The van der Waals surface area contributed by atoms with Gasteiger partial charge in [-0.1, -0.05) is 18.2 Å². The Bertz CT molecular complexity index is 971. The van der Waals surface area contributed by atoms with Crippen LogP contribution in [0.25, 0.3) is 11.0 Å². The van der Waals surface area contributed by atoms with E-state index in [4.69, 9.17) is 8.83 Å². The van der Waals surface area contributed by atoms with Gasteiger partial charge in [0.15, 0.2) is 0 Å². The number of nitrogens with one attached hydrogen (secondary N) is 1. The first-order valence-corrected chi connectivity index (χ1v) is 8.15. The SMILES string of the molecule is O=C(NCC(O)(c1ccco1)C1CC1)c1cc2ccccc2oc1=O. The molecule has 1 saturated carbocycles. The van der Waals surface area contributed by atoms with Crippen LogP contribution < -0.4 is 10.9 Å². The highest BCUT2D eigenvalue weighted by molar-refractivity contribution is 5.96. The minimum Gasteiger partial charge on any atom is -0.466 e. The molecule has 2 aromatic heterocycles. The van der Waals surface area contributed by atoms with Crippen LogP contribution in [0.1, 0.15) is 29.0 Å². The maximum absolute atomic E-state index is 12.5. The Hall–Kier alpha value is -2.86. The Kier molecular flexibility index (Phi) is 3.69. The Morgan fingerprint density at radius 1 is 1.24 bits per heavy atom. The van der Waals surface area contributed by atoms with Gasteiger partial charge in [0.2, 0.25) is 0 Å². The molecule has 1 amide bonds. The Labute approximate surface area is 143 Å². The summed E-state index contributed by atoms with van der Waals surface area (Å²) < 4.78 is 10.5. The average molecular weight is 339 g/mol. The van der Waals surface area contributed by atoms with Crippen LogP contribution >= 0.6 is 0 Å². The highest BCUT2D eigenvalue weighted by atomic mass is 16.4. The van der Waals surface area contributed by atoms with E-state index in [1.807, 2.05) is 0 Å². The summed E-state index contributed by atoms with van der Waals surface area (Å²) in [4.78, 5) is 24.5. The van der Waals surface area contributed by atoms with Gasteiger partial charge in [0.05, 0.1) is 12.8 Å². The van der Waals surface area contributed by atoms with Crippen molar-refractivity contribution in [1.29, 1.82) is 0 Å². The molecule has 4 rings (SSSR count). The second-order valence-electron chi connectivity index (χ2n) is 6.34. The van der Waals surface area contributed by atoms with Crippen molar-refractivity contribution in [3.63, 3.8) is 0 Å². The summed E-state index contributed by atoms with van der Waals surface area (Å²) in [5.74, 6) is -0.127. The largest absolute Gasteiger partial charge is 0.466 e. The summed E-state index contributed by atoms with van der Waals surface area (Å²) in [5, 5.41) is 14.2. The monoisotopic (exact) mass is 339 g/mol. The predicted octanol–water partition coefficient (Wildman–Crippen LogP) is 2.41. The first kappa shape index (κ1) is 15.7. The number of rotatable bonds is 5. The van der Waals surface area contributed by atoms with Crippen molar-refractivity contribution < 1.29 is 18.7 Å². The molecule has 6 heteroatoms. The molecular weight excluding hydrogens is 322 g/mol. The second kappa shape index (κ2) is 5.89. The lowest BCUT2D eigenvalue weighted by atomic mass is 9.94. The van der Waals surface area contributed by atoms with E-state index in [1.165, 1.54) is 12.3 Å². The van der Waals surface area contributed by atoms with Gasteiger partial charge in [-0.25, -0.2) is 4.79 Å². The van der Waals surface area contributed by atoms with Crippen molar-refractivity contribution in [1.82, 2.24) is 5.32 Å². The van der Waals surface area contributed by atoms with E-state index in [2.05, 4.69) is 5.32 Å². The molecule has 2 N–H and O–H groups in total. The molecule has 1 aromatic carbocycles. The number of furan rings is 1. The van der Waals surface area contributed by atoms with Gasteiger partial charge in [0.1, 0.15) is 22.5 Å². The van der Waals surface area contributed by atoms with E-state index in [0.29, 0.717) is 16.7 Å². The van der Waals surface area contributed by atoms with Gasteiger partial charge in [0, 0.05) is 5.39 Å². The smallest absolute Gasteiger partial charge is 0.349 e. The number of carbonyl (C=O) groups is 1. The lowest BCUT2D eigenvalue weighted by Gasteiger charge is -2.26. The first-order chi connectivity index (χ1) is 12.1. The van der Waals surface area contributed by atoms with Crippen molar-refractivity contribution >= 4 is 16.9 Å². The van der Waals surface area contributed by atoms with Crippen LogP contribution in [0, 0.1) is 5.92 Å². The molecule has 1 fully saturated rings. The Morgan fingerprint density at radius 2 is 2.04 bits per heavy atom. The lowest BCUT2D eigenvalue weighted by Crippen LogP contribution is -2.43. The quantitative estimate of drug-likeness (QED) is 0.696. The Morgan fingerprint density at radius 3 is 2.76 bits per heavy atom. The average Bonchev–Trinajstić information content (AvgIpc) is 3.33. The highest BCUT2D eigenvalue weighted by Crippen LogP contribution is 2.45. The van der Waals surface area contributed by atoms with Crippen molar-refractivity contribution in [2.75, 3.05) is 6.54 Å². The Balaban J connectivity index is 1.58. The van der Waals surface area contributed by atoms with Crippen LogP contribution in [0.3, 0.4) is 0 Å². The fourth-order valence-corrected chi connectivity index (χ4v) is 3.05. The fraction of sp³-hybridized carbons (Fsp3) is 0.263. The molecule has 0 spiro atoms. The van der Waals surface area contributed by atoms with Crippen LogP contribution in [-0.4, -0.2) is 17.6 Å². The standard InChI is InChI=1S/C19H17NO5/c21-17(14-10-12-4-1-2-5-15(12)25-18(14)22)20-11-19(23,13-7-8-13)16-6-3-9-24-16/h1-6,9-10,13,23H,7-8,11H2,(H,20,21). The van der Waals surface area contributed by atoms with Gasteiger partial charge in [0.25, 0.3) is 5.91 Å².